The number of aromatic nitrogens is 4. The second-order valence-corrected chi connectivity index (χ2v) is 7.17. The highest BCUT2D eigenvalue weighted by Crippen LogP contribution is 2.32. The van der Waals surface area contributed by atoms with Crippen molar-refractivity contribution in [3.05, 3.63) is 71.2 Å². The first-order valence-corrected chi connectivity index (χ1v) is 9.54. The number of carbonyl (C=O) groups excluding carboxylic acids is 1. The van der Waals surface area contributed by atoms with Crippen LogP contribution in [0.3, 0.4) is 0 Å². The van der Waals surface area contributed by atoms with Crippen molar-refractivity contribution in [3.8, 4) is 17.0 Å². The highest BCUT2D eigenvalue weighted by Gasteiger charge is 2.36. The summed E-state index contributed by atoms with van der Waals surface area (Å²) in [4.78, 5) is 20.8. The number of hydrogen-bond acceptors (Lipinski definition) is 5. The number of nitrogens with zero attached hydrogens (tertiary/aromatic N) is 4. The van der Waals surface area contributed by atoms with E-state index in [9.17, 15) is 18.0 Å². The van der Waals surface area contributed by atoms with E-state index in [1.54, 1.807) is 37.3 Å². The van der Waals surface area contributed by atoms with E-state index >= 15 is 0 Å². The first kappa shape index (κ1) is 21.3. The number of aryl methyl sites for hydroxylation is 2. The van der Waals surface area contributed by atoms with E-state index in [-0.39, 0.29) is 11.5 Å². The van der Waals surface area contributed by atoms with Crippen LogP contribution in [0.25, 0.3) is 17.0 Å². The lowest BCUT2D eigenvalue weighted by molar-refractivity contribution is -0.142. The van der Waals surface area contributed by atoms with Gasteiger partial charge in [0.2, 0.25) is 5.82 Å². The van der Waals surface area contributed by atoms with Gasteiger partial charge in [-0.25, -0.2) is 4.98 Å². The lowest BCUT2D eigenvalue weighted by atomic mass is 10.1. The van der Waals surface area contributed by atoms with Crippen LogP contribution < -0.4 is 10.1 Å². The zero-order valence-corrected chi connectivity index (χ0v) is 17.4. The molecular weight excluding hydrogens is 423 g/mol. The van der Waals surface area contributed by atoms with Crippen molar-refractivity contribution in [3.63, 3.8) is 0 Å². The van der Waals surface area contributed by atoms with Gasteiger partial charge in [0, 0.05) is 11.3 Å². The van der Waals surface area contributed by atoms with Crippen molar-refractivity contribution >= 4 is 17.4 Å². The van der Waals surface area contributed by atoms with Crippen molar-refractivity contribution in [1.82, 2.24) is 19.6 Å². The molecule has 0 fully saturated rings. The van der Waals surface area contributed by atoms with Gasteiger partial charge < -0.3 is 10.1 Å². The van der Waals surface area contributed by atoms with Crippen LogP contribution in [0.5, 0.6) is 5.75 Å². The van der Waals surface area contributed by atoms with Gasteiger partial charge in [0.05, 0.1) is 12.8 Å². The number of rotatable bonds is 4. The van der Waals surface area contributed by atoms with Crippen molar-refractivity contribution in [2.24, 2.45) is 0 Å². The Bertz CT molecular complexity index is 1310. The molecular formula is C22H18F3N5O2. The normalized spacial score (nSPS) is 11.6. The number of nitrogens with one attached hydrogen (secondary N) is 1. The average molecular weight is 441 g/mol. The van der Waals surface area contributed by atoms with Gasteiger partial charge in [-0.1, -0.05) is 12.1 Å². The Labute approximate surface area is 180 Å². The molecule has 4 aromatic rings. The van der Waals surface area contributed by atoms with E-state index in [0.717, 1.165) is 17.2 Å². The number of alkyl halides is 3. The molecule has 10 heteroatoms. The smallest absolute Gasteiger partial charge is 0.433 e. The molecule has 0 saturated carbocycles. The van der Waals surface area contributed by atoms with Gasteiger partial charge >= 0.3 is 6.18 Å². The van der Waals surface area contributed by atoms with Crippen LogP contribution in [0.2, 0.25) is 0 Å². The minimum absolute atomic E-state index is 0.0429. The number of benzene rings is 2. The number of carbonyl (C=O) groups is 1. The molecule has 7 nitrogen and oxygen atoms in total. The van der Waals surface area contributed by atoms with E-state index in [1.165, 1.54) is 7.11 Å². The summed E-state index contributed by atoms with van der Waals surface area (Å²) in [6.07, 6.45) is -4.74. The summed E-state index contributed by atoms with van der Waals surface area (Å²) >= 11 is 0. The summed E-state index contributed by atoms with van der Waals surface area (Å²) < 4.78 is 46.9. The van der Waals surface area contributed by atoms with Crippen molar-refractivity contribution in [2.45, 2.75) is 20.0 Å². The minimum Gasteiger partial charge on any atom is -0.497 e. The molecule has 0 aliphatic carbocycles. The summed E-state index contributed by atoms with van der Waals surface area (Å²) in [5, 5.41) is 6.43. The number of fused-ring (bicyclic) bond motifs is 1. The lowest BCUT2D eigenvalue weighted by Crippen LogP contribution is -2.16. The molecule has 0 spiro atoms. The number of anilines is 1. The summed E-state index contributed by atoms with van der Waals surface area (Å²) in [7, 11) is 1.49. The van der Waals surface area contributed by atoms with Gasteiger partial charge in [-0.3, -0.25) is 4.79 Å². The Kier molecular flexibility index (Phi) is 5.29. The maximum absolute atomic E-state index is 13.7. The highest BCUT2D eigenvalue weighted by atomic mass is 19.4. The standard InChI is InChI=1S/C22H18F3N5O2/c1-12-4-5-13(2)16(10-12)26-20(31)19-28-21-27-17(14-6-8-15(32-3)9-7-14)11-18(22(23,24)25)30(21)29-19/h4-11H,1-3H3,(H,26,31). The molecule has 1 N–H and O–H groups in total. The van der Waals surface area contributed by atoms with Gasteiger partial charge in [-0.15, -0.1) is 5.10 Å². The number of amides is 1. The number of halogens is 3. The van der Waals surface area contributed by atoms with E-state index in [4.69, 9.17) is 4.74 Å². The zero-order chi connectivity index (χ0) is 23.0. The molecule has 164 valence electrons. The van der Waals surface area contributed by atoms with E-state index in [1.807, 2.05) is 19.1 Å². The third kappa shape index (κ3) is 4.11. The molecule has 0 aliphatic rings. The largest absolute Gasteiger partial charge is 0.497 e. The predicted octanol–water partition coefficient (Wildman–Crippen LogP) is 4.69. The Balaban J connectivity index is 1.77. The highest BCUT2D eigenvalue weighted by molar-refractivity contribution is 6.02. The maximum Gasteiger partial charge on any atom is 0.433 e. The molecule has 2 heterocycles. The van der Waals surface area contributed by atoms with Gasteiger partial charge in [0.15, 0.2) is 5.69 Å². The number of methoxy groups -OCH3 is 1. The van der Waals surface area contributed by atoms with Gasteiger partial charge in [-0.05, 0) is 61.4 Å². The molecule has 2 aromatic carbocycles. The fourth-order valence-corrected chi connectivity index (χ4v) is 3.12. The van der Waals surface area contributed by atoms with Crippen LogP contribution in [0, 0.1) is 13.8 Å². The molecule has 4 rings (SSSR count). The van der Waals surface area contributed by atoms with Crippen LogP contribution in [0.4, 0.5) is 18.9 Å². The molecule has 1 amide bonds. The second-order valence-electron chi connectivity index (χ2n) is 7.17. The Morgan fingerprint density at radius 3 is 2.41 bits per heavy atom. The zero-order valence-electron chi connectivity index (χ0n) is 17.4. The van der Waals surface area contributed by atoms with Crippen LogP contribution in [0.15, 0.2) is 48.5 Å². The molecule has 0 radical (unpaired) electrons. The first-order valence-electron chi connectivity index (χ1n) is 9.54. The van der Waals surface area contributed by atoms with Gasteiger partial charge in [-0.2, -0.15) is 22.7 Å². The third-order valence-electron chi connectivity index (χ3n) is 4.83. The summed E-state index contributed by atoms with van der Waals surface area (Å²) in [6, 6.07) is 12.7. The van der Waals surface area contributed by atoms with E-state index in [0.29, 0.717) is 21.5 Å². The Morgan fingerprint density at radius 2 is 1.75 bits per heavy atom. The SMILES string of the molecule is COc1ccc(-c2cc(C(F)(F)F)n3nc(C(=O)Nc4cc(C)ccc4C)nc3n2)cc1. The fourth-order valence-electron chi connectivity index (χ4n) is 3.12. The molecule has 0 bridgehead atoms. The molecule has 32 heavy (non-hydrogen) atoms. The molecule has 2 aromatic heterocycles. The lowest BCUT2D eigenvalue weighted by Gasteiger charge is -2.10. The van der Waals surface area contributed by atoms with Crippen LogP contribution in [-0.2, 0) is 6.18 Å². The minimum atomic E-state index is -4.74. The van der Waals surface area contributed by atoms with Crippen LogP contribution in [-0.4, -0.2) is 32.6 Å². The van der Waals surface area contributed by atoms with E-state index < -0.39 is 23.6 Å². The van der Waals surface area contributed by atoms with Crippen molar-refractivity contribution < 1.29 is 22.7 Å². The summed E-state index contributed by atoms with van der Waals surface area (Å²) in [6.45, 7) is 3.66. The average Bonchev–Trinajstić information content (AvgIpc) is 3.19. The molecule has 0 saturated heterocycles. The monoisotopic (exact) mass is 441 g/mol. The molecule has 0 atom stereocenters. The summed E-state index contributed by atoms with van der Waals surface area (Å²) in [5.41, 5.74) is 1.62. The Morgan fingerprint density at radius 1 is 1.03 bits per heavy atom. The fraction of sp³-hybridized carbons (Fsp3) is 0.182. The number of ether oxygens (including phenoxy) is 1. The molecule has 0 aliphatic heterocycles. The van der Waals surface area contributed by atoms with Crippen LogP contribution in [0.1, 0.15) is 27.4 Å². The number of hydrogen-bond donors (Lipinski definition) is 1. The van der Waals surface area contributed by atoms with Crippen molar-refractivity contribution in [1.29, 1.82) is 0 Å². The first-order chi connectivity index (χ1) is 15.2. The van der Waals surface area contributed by atoms with Crippen LogP contribution >= 0.6 is 0 Å². The quantitative estimate of drug-likeness (QED) is 0.497. The van der Waals surface area contributed by atoms with Gasteiger partial charge in [0.25, 0.3) is 11.7 Å². The van der Waals surface area contributed by atoms with Crippen molar-refractivity contribution in [2.75, 3.05) is 12.4 Å². The van der Waals surface area contributed by atoms with E-state index in [2.05, 4.69) is 20.4 Å². The predicted molar refractivity (Wildman–Crippen MR) is 112 cm³/mol. The second kappa shape index (κ2) is 7.95. The molecule has 0 unspecified atom stereocenters. The Hall–Kier alpha value is -3.95. The topological polar surface area (TPSA) is 81.4 Å². The third-order valence-corrected chi connectivity index (χ3v) is 4.83. The maximum atomic E-state index is 13.7. The summed E-state index contributed by atoms with van der Waals surface area (Å²) in [5.74, 6) is -0.936. The van der Waals surface area contributed by atoms with Gasteiger partial charge in [0.1, 0.15) is 5.75 Å².